The third-order valence-electron chi connectivity index (χ3n) is 1.04. The van der Waals surface area contributed by atoms with Gasteiger partial charge in [-0.1, -0.05) is 18.2 Å². The van der Waals surface area contributed by atoms with Crippen LogP contribution in [0.2, 0.25) is 0 Å². The van der Waals surface area contributed by atoms with Crippen LogP contribution >= 0.6 is 0 Å². The van der Waals surface area contributed by atoms with Crippen molar-refractivity contribution in [3.63, 3.8) is 0 Å². The van der Waals surface area contributed by atoms with Crippen molar-refractivity contribution < 1.29 is 37.9 Å². The van der Waals surface area contributed by atoms with Crippen LogP contribution in [0.1, 0.15) is 0 Å². The summed E-state index contributed by atoms with van der Waals surface area (Å²) in [5.74, 6) is 0. The monoisotopic (exact) mass is 240 g/mol. The van der Waals surface area contributed by atoms with Gasteiger partial charge in [0.1, 0.15) is 0 Å². The second-order valence-corrected chi connectivity index (χ2v) is 3.21. The molecule has 0 heterocycles. The van der Waals surface area contributed by atoms with E-state index in [4.69, 9.17) is 4.55 Å². The van der Waals surface area contributed by atoms with Crippen LogP contribution < -0.4 is 0 Å². The Kier molecular flexibility index (Phi) is 6.38. The van der Waals surface area contributed by atoms with Crippen LogP contribution in [0, 0.1) is 0 Å². The quantitative estimate of drug-likeness (QED) is 0.559. The van der Waals surface area contributed by atoms with Crippen molar-refractivity contribution in [1.29, 1.82) is 0 Å². The van der Waals surface area contributed by atoms with Gasteiger partial charge in [-0.05, 0) is 12.1 Å². The van der Waals surface area contributed by atoms with Gasteiger partial charge in [0.25, 0.3) is 10.1 Å². The Morgan fingerprint density at radius 3 is 1.75 bits per heavy atom. The predicted octanol–water partition coefficient (Wildman–Crippen LogP) is 0.106. The molecule has 0 fully saturated rings. The standard InChI is InChI=1S/C6H6O3S.H2O.Zn/c7-10(8,9)6-4-2-1-3-5-6;;/h1-5H,(H,7,8,9);1H2;. The average Bonchev–Trinajstić information content (AvgIpc) is 1.88. The number of rotatable bonds is 1. The fourth-order valence-electron chi connectivity index (χ4n) is 0.592. The van der Waals surface area contributed by atoms with Crippen LogP contribution in [0.4, 0.5) is 0 Å². The van der Waals surface area contributed by atoms with Gasteiger partial charge in [0, 0.05) is 19.5 Å². The Labute approximate surface area is 83.4 Å². The number of benzene rings is 1. The van der Waals surface area contributed by atoms with Gasteiger partial charge in [0.2, 0.25) is 0 Å². The first kappa shape index (κ1) is 14.2. The zero-order valence-electron chi connectivity index (χ0n) is 6.27. The number of hydrogen-bond donors (Lipinski definition) is 1. The molecule has 0 unspecified atom stereocenters. The third-order valence-corrected chi connectivity index (χ3v) is 1.91. The van der Waals surface area contributed by atoms with Gasteiger partial charge in [-0.15, -0.1) is 0 Å². The van der Waals surface area contributed by atoms with Crippen molar-refractivity contribution in [2.45, 2.75) is 4.90 Å². The summed E-state index contributed by atoms with van der Waals surface area (Å²) in [6, 6.07) is 7.42. The topological polar surface area (TPSA) is 85.9 Å². The molecule has 1 rings (SSSR count). The van der Waals surface area contributed by atoms with Gasteiger partial charge in [-0.2, -0.15) is 8.42 Å². The van der Waals surface area contributed by atoms with E-state index in [-0.39, 0.29) is 29.8 Å². The summed E-state index contributed by atoms with van der Waals surface area (Å²) in [4.78, 5) is -0.0741. The molecule has 0 aromatic heterocycles. The Hall–Kier alpha value is -0.287. The fraction of sp³-hybridized carbons (Fsp3) is 0. The summed E-state index contributed by atoms with van der Waals surface area (Å²) in [5.41, 5.74) is 0. The van der Waals surface area contributed by atoms with Crippen LogP contribution in [0.5, 0.6) is 0 Å². The van der Waals surface area contributed by atoms with Gasteiger partial charge in [0.05, 0.1) is 4.90 Å². The van der Waals surface area contributed by atoms with E-state index >= 15 is 0 Å². The van der Waals surface area contributed by atoms with Gasteiger partial charge in [-0.3, -0.25) is 4.55 Å². The third kappa shape index (κ3) is 3.92. The first-order valence-corrected chi connectivity index (χ1v) is 4.07. The molecule has 0 spiro atoms. The first-order chi connectivity index (χ1) is 4.61. The molecule has 0 aliphatic rings. The molecule has 1 aromatic rings. The van der Waals surface area contributed by atoms with Crippen LogP contribution in [-0.4, -0.2) is 18.4 Å². The zero-order chi connectivity index (χ0) is 7.61. The zero-order valence-corrected chi connectivity index (χ0v) is 10.0. The van der Waals surface area contributed by atoms with Crippen molar-refractivity contribution in [3.8, 4) is 0 Å². The second-order valence-electron chi connectivity index (χ2n) is 1.79. The van der Waals surface area contributed by atoms with E-state index in [1.807, 2.05) is 0 Å². The van der Waals surface area contributed by atoms with E-state index in [2.05, 4.69) is 0 Å². The fourth-order valence-corrected chi connectivity index (χ4v) is 1.09. The van der Waals surface area contributed by atoms with Crippen molar-refractivity contribution >= 4 is 10.1 Å². The normalized spacial score (nSPS) is 9.42. The van der Waals surface area contributed by atoms with E-state index in [9.17, 15) is 8.42 Å². The molecule has 0 atom stereocenters. The maximum atomic E-state index is 10.4. The largest absolute Gasteiger partial charge is 0.412 e. The molecule has 0 bridgehead atoms. The minimum atomic E-state index is -4.00. The van der Waals surface area contributed by atoms with Crippen molar-refractivity contribution in [2.24, 2.45) is 0 Å². The summed E-state index contributed by atoms with van der Waals surface area (Å²) in [6.45, 7) is 0. The molecule has 1 aromatic carbocycles. The van der Waals surface area contributed by atoms with Crippen LogP contribution in [0.15, 0.2) is 35.2 Å². The molecule has 64 valence electrons. The summed E-state index contributed by atoms with van der Waals surface area (Å²) in [7, 11) is -4.00. The van der Waals surface area contributed by atoms with E-state index in [1.54, 1.807) is 18.2 Å². The predicted molar refractivity (Wildman–Crippen MR) is 39.9 cm³/mol. The molecule has 0 aliphatic carbocycles. The smallest absolute Gasteiger partial charge is 0.294 e. The van der Waals surface area contributed by atoms with Gasteiger partial charge < -0.3 is 5.48 Å². The summed E-state index contributed by atoms with van der Waals surface area (Å²) in [6.07, 6.45) is 0. The second kappa shape index (κ2) is 5.37. The molecule has 0 amide bonds. The molecular weight excluding hydrogens is 234 g/mol. The molecule has 12 heavy (non-hydrogen) atoms. The number of hydrogen-bond acceptors (Lipinski definition) is 2. The Balaban J connectivity index is 0. The Morgan fingerprint density at radius 2 is 1.50 bits per heavy atom. The minimum absolute atomic E-state index is 0. The molecule has 0 saturated heterocycles. The molecule has 6 heteroatoms. The van der Waals surface area contributed by atoms with E-state index in [0.29, 0.717) is 0 Å². The van der Waals surface area contributed by atoms with Crippen molar-refractivity contribution in [3.05, 3.63) is 30.3 Å². The average molecular weight is 242 g/mol. The molecule has 0 saturated carbocycles. The molecule has 3 N–H and O–H groups in total. The van der Waals surface area contributed by atoms with Crippen molar-refractivity contribution in [1.82, 2.24) is 0 Å². The van der Waals surface area contributed by atoms with Gasteiger partial charge in [0.15, 0.2) is 0 Å². The van der Waals surface area contributed by atoms with E-state index in [0.717, 1.165) is 0 Å². The Bertz CT molecular complexity index is 308. The maximum Gasteiger partial charge on any atom is 0.294 e. The summed E-state index contributed by atoms with van der Waals surface area (Å²) in [5, 5.41) is 0. The molecule has 0 aliphatic heterocycles. The van der Waals surface area contributed by atoms with Crippen LogP contribution in [-0.2, 0) is 29.6 Å². The van der Waals surface area contributed by atoms with Crippen LogP contribution in [0.25, 0.3) is 0 Å². The maximum absolute atomic E-state index is 10.4. The van der Waals surface area contributed by atoms with E-state index in [1.165, 1.54) is 12.1 Å². The first-order valence-electron chi connectivity index (χ1n) is 2.63. The molecular formula is C6H8O4SZn. The van der Waals surface area contributed by atoms with Crippen LogP contribution in [0.3, 0.4) is 0 Å². The minimum Gasteiger partial charge on any atom is -0.412 e. The summed E-state index contributed by atoms with van der Waals surface area (Å²) < 4.78 is 29.2. The molecule has 4 nitrogen and oxygen atoms in total. The molecule has 0 radical (unpaired) electrons. The SMILES string of the molecule is O.O=S(=O)(O)c1ccccc1.[Zn]. The summed E-state index contributed by atoms with van der Waals surface area (Å²) >= 11 is 0. The van der Waals surface area contributed by atoms with Crippen molar-refractivity contribution in [2.75, 3.05) is 0 Å². The Morgan fingerprint density at radius 1 is 1.08 bits per heavy atom. The van der Waals surface area contributed by atoms with Gasteiger partial charge in [-0.25, -0.2) is 0 Å². The van der Waals surface area contributed by atoms with Gasteiger partial charge >= 0.3 is 0 Å². The van der Waals surface area contributed by atoms with E-state index < -0.39 is 10.1 Å².